The number of nitrogens with zero attached hydrogens (tertiary/aromatic N) is 1. The maximum absolute atomic E-state index is 11.9. The lowest BCUT2D eigenvalue weighted by Gasteiger charge is -2.26. The summed E-state index contributed by atoms with van der Waals surface area (Å²) in [5.74, 6) is -0.662. The summed E-state index contributed by atoms with van der Waals surface area (Å²) in [5, 5.41) is 2.99. The molecular weight excluding hydrogens is 384 g/mol. The topological polar surface area (TPSA) is 69.3 Å². The van der Waals surface area contributed by atoms with Crippen LogP contribution in [0, 0.1) is 0 Å². The highest BCUT2D eigenvalue weighted by molar-refractivity contribution is 5.76. The fourth-order valence-electron chi connectivity index (χ4n) is 4.72. The van der Waals surface area contributed by atoms with Crippen LogP contribution >= 0.6 is 0 Å². The Morgan fingerprint density at radius 3 is 2.17 bits per heavy atom. The van der Waals surface area contributed by atoms with E-state index in [-0.39, 0.29) is 30.4 Å². The fourth-order valence-corrected chi connectivity index (χ4v) is 4.72. The van der Waals surface area contributed by atoms with E-state index >= 15 is 0 Å². The zero-order valence-electron chi connectivity index (χ0n) is 19.4. The van der Waals surface area contributed by atoms with Crippen LogP contribution in [0.2, 0.25) is 0 Å². The Bertz CT molecular complexity index is 544. The summed E-state index contributed by atoms with van der Waals surface area (Å²) in [7, 11) is 1.79. The average Bonchev–Trinajstić information content (AvgIpc) is 3.30. The van der Waals surface area contributed by atoms with Gasteiger partial charge in [0, 0.05) is 20.2 Å². The molecule has 174 valence electrons. The molecular formula is C23H42N2O5. The second-order valence-electron chi connectivity index (χ2n) is 9.52. The number of nitrogens with one attached hydrogen (secondary N) is 1. The number of hydrogen-bond donors (Lipinski definition) is 1. The van der Waals surface area contributed by atoms with Crippen molar-refractivity contribution >= 4 is 6.03 Å². The van der Waals surface area contributed by atoms with E-state index in [0.717, 1.165) is 6.42 Å². The first-order valence-electron chi connectivity index (χ1n) is 12.1. The van der Waals surface area contributed by atoms with Gasteiger partial charge in [-0.15, -0.1) is 0 Å². The monoisotopic (exact) mass is 426 g/mol. The van der Waals surface area contributed by atoms with Gasteiger partial charge in [-0.1, -0.05) is 64.7 Å². The SMILES string of the molecule is CCCCCCCCCCCCO[C@H]1O[C@H]([C@@H]2CN(C)C(=O)N2)[C@@H]2OC(C)(C)O[C@H]12. The summed E-state index contributed by atoms with van der Waals surface area (Å²) in [6.45, 7) is 7.36. The van der Waals surface area contributed by atoms with Gasteiger partial charge in [-0.25, -0.2) is 4.79 Å². The molecule has 7 heteroatoms. The maximum atomic E-state index is 11.9. The van der Waals surface area contributed by atoms with E-state index in [2.05, 4.69) is 12.2 Å². The Balaban J connectivity index is 1.35. The minimum absolute atomic E-state index is 0.0759. The summed E-state index contributed by atoms with van der Waals surface area (Å²) in [5.41, 5.74) is 0. The Morgan fingerprint density at radius 1 is 0.967 bits per heavy atom. The molecule has 5 atom stereocenters. The average molecular weight is 427 g/mol. The first kappa shape index (κ1) is 23.8. The van der Waals surface area contributed by atoms with E-state index in [9.17, 15) is 4.79 Å². The van der Waals surface area contributed by atoms with Crippen molar-refractivity contribution in [1.82, 2.24) is 10.2 Å². The zero-order valence-corrected chi connectivity index (χ0v) is 19.4. The molecule has 0 aliphatic carbocycles. The Morgan fingerprint density at radius 2 is 1.57 bits per heavy atom. The molecule has 30 heavy (non-hydrogen) atoms. The van der Waals surface area contributed by atoms with Gasteiger partial charge in [-0.3, -0.25) is 0 Å². The van der Waals surface area contributed by atoms with Crippen LogP contribution in [0.15, 0.2) is 0 Å². The number of unbranched alkanes of at least 4 members (excludes halogenated alkanes) is 9. The quantitative estimate of drug-likeness (QED) is 0.447. The molecule has 2 amide bonds. The molecule has 0 unspecified atom stereocenters. The van der Waals surface area contributed by atoms with Crippen molar-refractivity contribution in [2.45, 2.75) is 121 Å². The summed E-state index contributed by atoms with van der Waals surface area (Å²) in [6.07, 6.45) is 11.8. The number of amides is 2. The van der Waals surface area contributed by atoms with Crippen molar-refractivity contribution in [2.75, 3.05) is 20.2 Å². The highest BCUT2D eigenvalue weighted by Gasteiger charge is 2.58. The van der Waals surface area contributed by atoms with Crippen LogP contribution in [0.1, 0.15) is 85.0 Å². The van der Waals surface area contributed by atoms with Gasteiger partial charge in [0.25, 0.3) is 0 Å². The molecule has 0 aromatic heterocycles. The van der Waals surface area contributed by atoms with E-state index in [1.54, 1.807) is 11.9 Å². The first-order chi connectivity index (χ1) is 14.4. The fraction of sp³-hybridized carbons (Fsp3) is 0.957. The maximum Gasteiger partial charge on any atom is 0.317 e. The Hall–Kier alpha value is -0.890. The van der Waals surface area contributed by atoms with Crippen LogP contribution in [0.4, 0.5) is 4.79 Å². The van der Waals surface area contributed by atoms with E-state index < -0.39 is 12.1 Å². The van der Waals surface area contributed by atoms with Gasteiger partial charge in [0.2, 0.25) is 0 Å². The molecule has 3 aliphatic heterocycles. The predicted octanol–water partition coefficient (Wildman–Crippen LogP) is 4.19. The summed E-state index contributed by atoms with van der Waals surface area (Å²) in [4.78, 5) is 13.6. The van der Waals surface area contributed by atoms with Crippen LogP contribution < -0.4 is 5.32 Å². The van der Waals surface area contributed by atoms with E-state index in [4.69, 9.17) is 18.9 Å². The molecule has 3 rings (SSSR count). The minimum atomic E-state index is -0.662. The number of carbonyl (C=O) groups is 1. The molecule has 3 saturated heterocycles. The standard InChI is InChI=1S/C23H42N2O5/c1-5-6-7-8-9-10-11-12-13-14-15-27-21-20-19(29-23(2,3)30-20)18(28-21)17-16-25(4)22(26)24-17/h17-21H,5-16H2,1-4H3,(H,24,26)/t17-,18+,19-,20-,21-/m0/s1. The minimum Gasteiger partial charge on any atom is -0.350 e. The van der Waals surface area contributed by atoms with Crippen molar-refractivity contribution in [2.24, 2.45) is 0 Å². The van der Waals surface area contributed by atoms with Gasteiger partial charge in [0.05, 0.1) is 6.04 Å². The third-order valence-electron chi connectivity index (χ3n) is 6.35. The summed E-state index contributed by atoms with van der Waals surface area (Å²) in [6, 6.07) is -0.188. The molecule has 0 spiro atoms. The van der Waals surface area contributed by atoms with Gasteiger partial charge < -0.3 is 29.2 Å². The largest absolute Gasteiger partial charge is 0.350 e. The highest BCUT2D eigenvalue weighted by Crippen LogP contribution is 2.40. The van der Waals surface area contributed by atoms with Crippen molar-refractivity contribution in [3.05, 3.63) is 0 Å². The normalized spacial score (nSPS) is 32.6. The van der Waals surface area contributed by atoms with Gasteiger partial charge in [-0.2, -0.15) is 0 Å². The summed E-state index contributed by atoms with van der Waals surface area (Å²) < 4.78 is 24.4. The second kappa shape index (κ2) is 11.1. The molecule has 3 fully saturated rings. The predicted molar refractivity (Wildman–Crippen MR) is 115 cm³/mol. The van der Waals surface area contributed by atoms with Crippen molar-refractivity contribution in [1.29, 1.82) is 0 Å². The van der Waals surface area contributed by atoms with E-state index in [1.165, 1.54) is 57.8 Å². The number of rotatable bonds is 13. The van der Waals surface area contributed by atoms with Crippen molar-refractivity contribution in [3.8, 4) is 0 Å². The third kappa shape index (κ3) is 6.31. The van der Waals surface area contributed by atoms with Gasteiger partial charge in [0.1, 0.15) is 18.3 Å². The lowest BCUT2D eigenvalue weighted by atomic mass is 10.0. The molecule has 0 bridgehead atoms. The van der Waals surface area contributed by atoms with Crippen LogP contribution in [-0.2, 0) is 18.9 Å². The van der Waals surface area contributed by atoms with Crippen LogP contribution in [0.25, 0.3) is 0 Å². The van der Waals surface area contributed by atoms with E-state index in [0.29, 0.717) is 13.2 Å². The van der Waals surface area contributed by atoms with Gasteiger partial charge in [-0.05, 0) is 20.3 Å². The van der Waals surface area contributed by atoms with Crippen LogP contribution in [0.3, 0.4) is 0 Å². The van der Waals surface area contributed by atoms with E-state index in [1.807, 2.05) is 13.8 Å². The van der Waals surface area contributed by atoms with Gasteiger partial charge >= 0.3 is 6.03 Å². The smallest absolute Gasteiger partial charge is 0.317 e. The zero-order chi connectivity index (χ0) is 21.6. The first-order valence-corrected chi connectivity index (χ1v) is 12.1. The van der Waals surface area contributed by atoms with Crippen molar-refractivity contribution < 1.29 is 23.7 Å². The van der Waals surface area contributed by atoms with Gasteiger partial charge in [0.15, 0.2) is 12.1 Å². The lowest BCUT2D eigenvalue weighted by molar-refractivity contribution is -0.235. The molecule has 7 nitrogen and oxygen atoms in total. The molecule has 0 aromatic carbocycles. The molecule has 3 aliphatic rings. The lowest BCUT2D eigenvalue weighted by Crippen LogP contribution is -2.45. The number of fused-ring (bicyclic) bond motifs is 1. The Kier molecular flexibility index (Phi) is 8.81. The molecule has 0 saturated carbocycles. The number of hydrogen-bond acceptors (Lipinski definition) is 5. The van der Waals surface area contributed by atoms with Crippen LogP contribution in [-0.4, -0.2) is 67.6 Å². The molecule has 3 heterocycles. The number of ether oxygens (including phenoxy) is 4. The number of likely N-dealkylation sites (N-methyl/N-ethyl adjacent to an activating group) is 1. The molecule has 0 radical (unpaired) electrons. The molecule has 1 N–H and O–H groups in total. The van der Waals surface area contributed by atoms with Crippen molar-refractivity contribution in [3.63, 3.8) is 0 Å². The van der Waals surface area contributed by atoms with Crippen LogP contribution in [0.5, 0.6) is 0 Å². The third-order valence-corrected chi connectivity index (χ3v) is 6.35. The number of urea groups is 1. The highest BCUT2D eigenvalue weighted by atomic mass is 16.8. The molecule has 0 aromatic rings. The second-order valence-corrected chi connectivity index (χ2v) is 9.52. The Labute approximate surface area is 182 Å². The summed E-state index contributed by atoms with van der Waals surface area (Å²) >= 11 is 0. The number of carbonyl (C=O) groups excluding carboxylic acids is 1.